The van der Waals surface area contributed by atoms with Gasteiger partial charge in [-0.05, 0) is 56.3 Å². The molecule has 0 radical (unpaired) electrons. The van der Waals surface area contributed by atoms with Crippen LogP contribution in [0, 0.1) is 0 Å². The van der Waals surface area contributed by atoms with Crippen LogP contribution in [0.5, 0.6) is 0 Å². The van der Waals surface area contributed by atoms with Crippen LogP contribution in [0.15, 0.2) is 41.8 Å². The number of benzene rings is 1. The lowest BCUT2D eigenvalue weighted by Crippen LogP contribution is -2.55. The molecular formula is C20H26N4O2S. The minimum Gasteiger partial charge on any atom is -0.347 e. The molecule has 1 saturated heterocycles. The third-order valence-corrected chi connectivity index (χ3v) is 5.64. The average Bonchev–Trinajstić information content (AvgIpc) is 3.16. The molecule has 0 spiro atoms. The van der Waals surface area contributed by atoms with E-state index in [1.54, 1.807) is 35.6 Å². The Labute approximate surface area is 163 Å². The third kappa shape index (κ3) is 5.55. The summed E-state index contributed by atoms with van der Waals surface area (Å²) in [6.07, 6.45) is 1.99. The molecule has 144 valence electrons. The van der Waals surface area contributed by atoms with Crippen LogP contribution < -0.4 is 21.3 Å². The lowest BCUT2D eigenvalue weighted by Gasteiger charge is -2.34. The van der Waals surface area contributed by atoms with Crippen molar-refractivity contribution in [2.75, 3.05) is 5.32 Å². The third-order valence-electron chi connectivity index (χ3n) is 4.76. The molecule has 3 unspecified atom stereocenters. The first-order valence-corrected chi connectivity index (χ1v) is 10.1. The number of carbonyl (C=O) groups is 2. The van der Waals surface area contributed by atoms with Crippen molar-refractivity contribution in [1.82, 2.24) is 16.0 Å². The van der Waals surface area contributed by atoms with Gasteiger partial charge in [0.15, 0.2) is 0 Å². The second-order valence-electron chi connectivity index (χ2n) is 6.98. The molecule has 1 fully saturated rings. The van der Waals surface area contributed by atoms with E-state index in [-0.39, 0.29) is 24.0 Å². The first-order chi connectivity index (χ1) is 13.0. The van der Waals surface area contributed by atoms with E-state index >= 15 is 0 Å². The van der Waals surface area contributed by atoms with Gasteiger partial charge in [-0.15, -0.1) is 11.3 Å². The predicted molar refractivity (Wildman–Crippen MR) is 109 cm³/mol. The maximum atomic E-state index is 12.3. The Morgan fingerprint density at radius 2 is 2.04 bits per heavy atom. The van der Waals surface area contributed by atoms with E-state index in [2.05, 4.69) is 35.1 Å². The van der Waals surface area contributed by atoms with Gasteiger partial charge in [-0.1, -0.05) is 12.1 Å². The second kappa shape index (κ2) is 9.01. The van der Waals surface area contributed by atoms with Crippen LogP contribution in [0.25, 0.3) is 0 Å². The summed E-state index contributed by atoms with van der Waals surface area (Å²) in [6, 6.07) is 11.5. The number of hydrogen-bond acceptors (Lipinski definition) is 4. The van der Waals surface area contributed by atoms with Crippen molar-refractivity contribution in [2.24, 2.45) is 0 Å². The van der Waals surface area contributed by atoms with E-state index in [9.17, 15) is 9.59 Å². The van der Waals surface area contributed by atoms with Crippen molar-refractivity contribution in [3.8, 4) is 0 Å². The molecule has 2 heterocycles. The average molecular weight is 387 g/mol. The van der Waals surface area contributed by atoms with Crippen LogP contribution >= 0.6 is 11.3 Å². The number of piperidine rings is 1. The molecule has 6 nitrogen and oxygen atoms in total. The highest BCUT2D eigenvalue weighted by molar-refractivity contribution is 7.09. The van der Waals surface area contributed by atoms with Crippen LogP contribution in [0.3, 0.4) is 0 Å². The van der Waals surface area contributed by atoms with Crippen LogP contribution in [0.1, 0.15) is 41.9 Å². The molecule has 0 saturated carbocycles. The first-order valence-electron chi connectivity index (χ1n) is 9.25. The summed E-state index contributed by atoms with van der Waals surface area (Å²) in [5.74, 6) is -0.161. The van der Waals surface area contributed by atoms with Crippen molar-refractivity contribution >= 4 is 29.0 Å². The van der Waals surface area contributed by atoms with Crippen molar-refractivity contribution in [3.05, 3.63) is 52.2 Å². The molecule has 27 heavy (non-hydrogen) atoms. The van der Waals surface area contributed by atoms with E-state index in [0.29, 0.717) is 23.8 Å². The van der Waals surface area contributed by atoms with Crippen LogP contribution in [-0.2, 0) is 6.54 Å². The molecule has 2 aromatic rings. The van der Waals surface area contributed by atoms with Crippen molar-refractivity contribution in [2.45, 2.75) is 51.4 Å². The van der Waals surface area contributed by atoms with Crippen molar-refractivity contribution in [3.63, 3.8) is 0 Å². The fraction of sp³-hybridized carbons (Fsp3) is 0.400. The van der Waals surface area contributed by atoms with E-state index in [4.69, 9.17) is 0 Å². The maximum Gasteiger partial charge on any atom is 0.319 e. The molecule has 4 N–H and O–H groups in total. The summed E-state index contributed by atoms with van der Waals surface area (Å²) in [7, 11) is 0. The van der Waals surface area contributed by atoms with Gasteiger partial charge in [0.05, 0.1) is 6.54 Å². The monoisotopic (exact) mass is 386 g/mol. The molecule has 7 heteroatoms. The topological polar surface area (TPSA) is 82.3 Å². The summed E-state index contributed by atoms with van der Waals surface area (Å²) >= 11 is 1.60. The highest BCUT2D eigenvalue weighted by Crippen LogP contribution is 2.15. The van der Waals surface area contributed by atoms with Gasteiger partial charge in [-0.2, -0.15) is 0 Å². The Bertz CT molecular complexity index is 778. The molecule has 0 aliphatic carbocycles. The minimum absolute atomic E-state index is 0.0958. The van der Waals surface area contributed by atoms with Gasteiger partial charge in [-0.25, -0.2) is 4.79 Å². The quantitative estimate of drug-likeness (QED) is 0.636. The van der Waals surface area contributed by atoms with Gasteiger partial charge in [0, 0.05) is 34.3 Å². The minimum atomic E-state index is -0.251. The smallest absolute Gasteiger partial charge is 0.319 e. The standard InChI is InChI=1S/C20H26N4O2S/c1-13-8-9-18(14(2)22-13)24-20(26)23-16-6-3-5-15(11-16)19(25)21-12-17-7-4-10-27-17/h3-7,10-11,13-14,18,22H,8-9,12H2,1-2H3,(H,21,25)(H2,23,24,26). The van der Waals surface area contributed by atoms with Crippen LogP contribution in [0.2, 0.25) is 0 Å². The zero-order chi connectivity index (χ0) is 19.2. The number of urea groups is 1. The van der Waals surface area contributed by atoms with Crippen LogP contribution in [0.4, 0.5) is 10.5 Å². The summed E-state index contributed by atoms with van der Waals surface area (Å²) in [5.41, 5.74) is 1.12. The predicted octanol–water partition coefficient (Wildman–Crippen LogP) is 3.33. The largest absolute Gasteiger partial charge is 0.347 e. The summed E-state index contributed by atoms with van der Waals surface area (Å²) < 4.78 is 0. The maximum absolute atomic E-state index is 12.3. The number of rotatable bonds is 5. The Kier molecular flexibility index (Phi) is 6.47. The van der Waals surface area contributed by atoms with Crippen LogP contribution in [-0.4, -0.2) is 30.1 Å². The molecule has 1 aliphatic rings. The van der Waals surface area contributed by atoms with Gasteiger partial charge in [0.25, 0.3) is 5.91 Å². The van der Waals surface area contributed by atoms with Crippen molar-refractivity contribution in [1.29, 1.82) is 0 Å². The van der Waals surface area contributed by atoms with Gasteiger partial charge >= 0.3 is 6.03 Å². The van der Waals surface area contributed by atoms with Gasteiger partial charge in [0.2, 0.25) is 0 Å². The molecule has 1 aromatic heterocycles. The van der Waals surface area contributed by atoms with E-state index in [1.165, 1.54) is 0 Å². The lowest BCUT2D eigenvalue weighted by molar-refractivity contribution is 0.0951. The Balaban J connectivity index is 1.53. The highest BCUT2D eigenvalue weighted by Gasteiger charge is 2.25. The second-order valence-corrected chi connectivity index (χ2v) is 8.01. The van der Waals surface area contributed by atoms with Gasteiger partial charge in [-0.3, -0.25) is 4.79 Å². The fourth-order valence-electron chi connectivity index (χ4n) is 3.28. The Morgan fingerprint density at radius 3 is 2.78 bits per heavy atom. The normalized spacial score (nSPS) is 22.1. The zero-order valence-corrected chi connectivity index (χ0v) is 16.4. The van der Waals surface area contributed by atoms with E-state index < -0.39 is 0 Å². The number of nitrogens with one attached hydrogen (secondary N) is 4. The number of carbonyl (C=O) groups excluding carboxylic acids is 2. The number of amides is 3. The molecule has 1 aliphatic heterocycles. The Morgan fingerprint density at radius 1 is 1.19 bits per heavy atom. The number of thiophene rings is 1. The SMILES string of the molecule is CC1CCC(NC(=O)Nc2cccc(C(=O)NCc3cccs3)c2)C(C)N1. The molecule has 3 atom stereocenters. The van der Waals surface area contributed by atoms with Gasteiger partial charge in [0.1, 0.15) is 0 Å². The molecule has 1 aromatic carbocycles. The first kappa shape index (κ1) is 19.4. The molecule has 3 rings (SSSR count). The molecule has 0 bridgehead atoms. The summed E-state index contributed by atoms with van der Waals surface area (Å²) in [5, 5.41) is 14.2. The summed E-state index contributed by atoms with van der Waals surface area (Å²) in [6.45, 7) is 4.74. The van der Waals surface area contributed by atoms with E-state index in [1.807, 2.05) is 17.5 Å². The summed E-state index contributed by atoms with van der Waals surface area (Å²) in [4.78, 5) is 25.7. The number of hydrogen-bond donors (Lipinski definition) is 4. The lowest BCUT2D eigenvalue weighted by atomic mass is 9.95. The molecule has 3 amide bonds. The van der Waals surface area contributed by atoms with Gasteiger partial charge < -0.3 is 21.3 Å². The Hall–Kier alpha value is -2.38. The van der Waals surface area contributed by atoms with Crippen molar-refractivity contribution < 1.29 is 9.59 Å². The number of anilines is 1. The fourth-order valence-corrected chi connectivity index (χ4v) is 3.93. The van der Waals surface area contributed by atoms with E-state index in [0.717, 1.165) is 17.7 Å². The zero-order valence-electron chi connectivity index (χ0n) is 15.6. The highest BCUT2D eigenvalue weighted by atomic mass is 32.1. The molecular weight excluding hydrogens is 360 g/mol.